The Hall–Kier alpha value is -2.45. The zero-order valence-electron chi connectivity index (χ0n) is 21.9. The summed E-state index contributed by atoms with van der Waals surface area (Å²) in [7, 11) is 0. The predicted molar refractivity (Wildman–Crippen MR) is 142 cm³/mol. The fourth-order valence-electron chi connectivity index (χ4n) is 6.36. The van der Waals surface area contributed by atoms with Crippen molar-refractivity contribution < 1.29 is 19.4 Å². The molecule has 2 atom stereocenters. The molecule has 4 heterocycles. The number of nitrogens with zero attached hydrogens (tertiary/aromatic N) is 3. The number of hydrogen-bond acceptors (Lipinski definition) is 6. The van der Waals surface area contributed by atoms with E-state index in [-0.39, 0.29) is 12.0 Å². The number of amides is 1. The van der Waals surface area contributed by atoms with E-state index in [2.05, 4.69) is 40.1 Å². The summed E-state index contributed by atoms with van der Waals surface area (Å²) in [5.74, 6) is 0.610. The van der Waals surface area contributed by atoms with Gasteiger partial charge in [0.25, 0.3) is 5.91 Å². The Morgan fingerprint density at radius 2 is 1.81 bits per heavy atom. The molecular weight excluding hydrogens is 466 g/mol. The number of rotatable bonds is 6. The van der Waals surface area contributed by atoms with Crippen molar-refractivity contribution in [3.05, 3.63) is 64.7 Å². The Labute approximate surface area is 219 Å². The molecule has 2 aromatic rings. The van der Waals surface area contributed by atoms with E-state index in [1.807, 2.05) is 19.1 Å². The van der Waals surface area contributed by atoms with Crippen LogP contribution in [0.3, 0.4) is 0 Å². The van der Waals surface area contributed by atoms with Crippen LogP contribution in [0.4, 0.5) is 0 Å². The summed E-state index contributed by atoms with van der Waals surface area (Å²) < 4.78 is 11.7. The van der Waals surface area contributed by atoms with Gasteiger partial charge in [-0.15, -0.1) is 0 Å². The van der Waals surface area contributed by atoms with E-state index in [9.17, 15) is 9.90 Å². The van der Waals surface area contributed by atoms with Gasteiger partial charge in [0.1, 0.15) is 11.9 Å². The Kier molecular flexibility index (Phi) is 6.97. The van der Waals surface area contributed by atoms with Crippen LogP contribution in [-0.4, -0.2) is 90.4 Å². The highest BCUT2D eigenvalue weighted by molar-refractivity contribution is 5.97. The number of piperidine rings is 1. The molecule has 1 N–H and O–H groups in total. The predicted octanol–water partition coefficient (Wildman–Crippen LogP) is 2.94. The van der Waals surface area contributed by atoms with Gasteiger partial charge in [-0.2, -0.15) is 0 Å². The monoisotopic (exact) mass is 505 g/mol. The third-order valence-corrected chi connectivity index (χ3v) is 8.62. The zero-order valence-corrected chi connectivity index (χ0v) is 21.9. The first-order valence-electron chi connectivity index (χ1n) is 13.8. The van der Waals surface area contributed by atoms with Gasteiger partial charge in [-0.05, 0) is 68.1 Å². The maximum absolute atomic E-state index is 13.5. The van der Waals surface area contributed by atoms with Crippen molar-refractivity contribution in [2.75, 3.05) is 52.5 Å². The molecule has 1 spiro atoms. The number of carbonyl (C=O) groups excluding carboxylic acids is 1. The van der Waals surface area contributed by atoms with E-state index in [0.29, 0.717) is 36.4 Å². The molecule has 1 amide bonds. The van der Waals surface area contributed by atoms with Crippen LogP contribution >= 0.6 is 0 Å². The lowest BCUT2D eigenvalue weighted by atomic mass is 9.77. The highest BCUT2D eigenvalue weighted by Gasteiger charge is 2.41. The lowest BCUT2D eigenvalue weighted by molar-refractivity contribution is -0.140. The van der Waals surface area contributed by atoms with Crippen LogP contribution in [0.2, 0.25) is 0 Å². The number of aliphatic hydroxyl groups is 1. The topological polar surface area (TPSA) is 65.5 Å². The van der Waals surface area contributed by atoms with Gasteiger partial charge in [0.2, 0.25) is 0 Å². The van der Waals surface area contributed by atoms with Gasteiger partial charge in [-0.25, -0.2) is 0 Å². The van der Waals surface area contributed by atoms with Crippen molar-refractivity contribution in [1.29, 1.82) is 0 Å². The number of β-amino-alcohol motifs (C(OH)–C–C–N with tert-alkyl or cyclic N) is 1. The molecule has 2 fully saturated rings. The summed E-state index contributed by atoms with van der Waals surface area (Å²) in [6.07, 6.45) is 2.66. The molecule has 198 valence electrons. The highest BCUT2D eigenvalue weighted by atomic mass is 16.5. The molecule has 2 saturated heterocycles. The van der Waals surface area contributed by atoms with E-state index in [1.54, 1.807) is 4.90 Å². The van der Waals surface area contributed by atoms with Crippen LogP contribution in [0, 0.1) is 5.41 Å². The third-order valence-electron chi connectivity index (χ3n) is 8.62. The summed E-state index contributed by atoms with van der Waals surface area (Å²) in [5.41, 5.74) is 4.94. The van der Waals surface area contributed by atoms with Gasteiger partial charge in [0.05, 0.1) is 31.4 Å². The molecule has 2 aromatic carbocycles. The second-order valence-electron chi connectivity index (χ2n) is 11.6. The van der Waals surface area contributed by atoms with E-state index >= 15 is 0 Å². The summed E-state index contributed by atoms with van der Waals surface area (Å²) in [4.78, 5) is 20.0. The first-order chi connectivity index (χ1) is 18.0. The molecule has 7 nitrogen and oxygen atoms in total. The maximum atomic E-state index is 13.5. The highest BCUT2D eigenvalue weighted by Crippen LogP contribution is 2.39. The summed E-state index contributed by atoms with van der Waals surface area (Å²) >= 11 is 0. The zero-order chi connectivity index (χ0) is 25.4. The minimum absolute atomic E-state index is 0.0566. The largest absolute Gasteiger partial charge is 0.488 e. The van der Waals surface area contributed by atoms with Gasteiger partial charge >= 0.3 is 0 Å². The molecule has 4 aliphatic rings. The quantitative estimate of drug-likeness (QED) is 0.651. The molecule has 37 heavy (non-hydrogen) atoms. The van der Waals surface area contributed by atoms with Crippen LogP contribution in [0.1, 0.15) is 46.8 Å². The Balaban J connectivity index is 1.07. The molecular formula is C30H39N3O4. The molecule has 0 bridgehead atoms. The molecule has 6 rings (SSSR count). The smallest absolute Gasteiger partial charge is 0.257 e. The summed E-state index contributed by atoms with van der Waals surface area (Å²) in [6, 6.07) is 14.5. The fraction of sp³-hybridized carbons (Fsp3) is 0.567. The number of fused-ring (bicyclic) bond motifs is 2. The van der Waals surface area contributed by atoms with Crippen LogP contribution < -0.4 is 4.74 Å². The molecule has 7 heteroatoms. The molecule has 1 unspecified atom stereocenters. The average Bonchev–Trinajstić information content (AvgIpc) is 2.98. The Bertz CT molecular complexity index is 1120. The minimum Gasteiger partial charge on any atom is -0.488 e. The van der Waals surface area contributed by atoms with Crippen molar-refractivity contribution in [3.63, 3.8) is 0 Å². The van der Waals surface area contributed by atoms with E-state index in [0.717, 1.165) is 52.4 Å². The van der Waals surface area contributed by atoms with E-state index < -0.39 is 6.10 Å². The van der Waals surface area contributed by atoms with Crippen LogP contribution in [0.15, 0.2) is 42.5 Å². The van der Waals surface area contributed by atoms with Crippen LogP contribution in [-0.2, 0) is 24.2 Å². The number of ether oxygens (including phenoxy) is 2. The number of carbonyl (C=O) groups is 1. The SMILES string of the molecule is C[C@@H]1CN(CC(O)CN2CCc3ccccc3C2)C(=O)c2ccc(CN3CCC4(CC3)COC4)cc2O1. The second-order valence-corrected chi connectivity index (χ2v) is 11.6. The Morgan fingerprint density at radius 3 is 2.57 bits per heavy atom. The first kappa shape index (κ1) is 24.9. The lowest BCUT2D eigenvalue weighted by Crippen LogP contribution is -2.50. The molecule has 0 radical (unpaired) electrons. The van der Waals surface area contributed by atoms with Gasteiger partial charge in [0.15, 0.2) is 0 Å². The summed E-state index contributed by atoms with van der Waals surface area (Å²) in [6.45, 7) is 10.0. The molecule has 4 aliphatic heterocycles. The first-order valence-corrected chi connectivity index (χ1v) is 13.8. The standard InChI is InChI=1S/C30H39N3O4/c1-22-15-33(19-26(34)18-32-11-8-24-4-2-3-5-25(24)17-32)29(35)27-7-6-23(14-28(27)37-22)16-31-12-9-30(10-13-31)20-36-21-30/h2-7,14,22,26,34H,8-13,15-21H2,1H3/t22-,26?/m1/s1. The van der Waals surface area contributed by atoms with Gasteiger partial charge < -0.3 is 19.5 Å². The second kappa shape index (κ2) is 10.4. The van der Waals surface area contributed by atoms with Gasteiger partial charge in [-0.3, -0.25) is 14.6 Å². The molecule has 0 aliphatic carbocycles. The van der Waals surface area contributed by atoms with Gasteiger partial charge in [-0.1, -0.05) is 30.3 Å². The fourth-order valence-corrected chi connectivity index (χ4v) is 6.36. The van der Waals surface area contributed by atoms with Crippen molar-refractivity contribution >= 4 is 5.91 Å². The summed E-state index contributed by atoms with van der Waals surface area (Å²) in [5, 5.41) is 10.9. The van der Waals surface area contributed by atoms with Crippen molar-refractivity contribution in [3.8, 4) is 5.75 Å². The van der Waals surface area contributed by atoms with E-state index in [4.69, 9.17) is 9.47 Å². The average molecular weight is 506 g/mol. The molecule has 0 saturated carbocycles. The number of hydrogen-bond donors (Lipinski definition) is 1. The number of aliphatic hydroxyl groups excluding tert-OH is 1. The van der Waals surface area contributed by atoms with Crippen molar-refractivity contribution in [1.82, 2.24) is 14.7 Å². The van der Waals surface area contributed by atoms with Crippen LogP contribution in [0.5, 0.6) is 5.75 Å². The normalized spacial score (nSPS) is 24.5. The van der Waals surface area contributed by atoms with Crippen LogP contribution in [0.25, 0.3) is 0 Å². The number of benzene rings is 2. The lowest BCUT2D eigenvalue weighted by Gasteiger charge is -2.47. The number of likely N-dealkylation sites (tertiary alicyclic amines) is 1. The van der Waals surface area contributed by atoms with Crippen molar-refractivity contribution in [2.45, 2.75) is 51.5 Å². The third kappa shape index (κ3) is 5.41. The van der Waals surface area contributed by atoms with Crippen molar-refractivity contribution in [2.24, 2.45) is 5.41 Å². The Morgan fingerprint density at radius 1 is 1.03 bits per heavy atom. The van der Waals surface area contributed by atoms with Gasteiger partial charge in [0, 0.05) is 38.1 Å². The molecule has 0 aromatic heterocycles. The maximum Gasteiger partial charge on any atom is 0.257 e. The van der Waals surface area contributed by atoms with E-state index in [1.165, 1.54) is 29.5 Å². The minimum atomic E-state index is -0.606.